The fourth-order valence-corrected chi connectivity index (χ4v) is 15.5. The molecule has 0 atom stereocenters. The molecule has 4 saturated carbocycles. The van der Waals surface area contributed by atoms with E-state index >= 15 is 0 Å². The summed E-state index contributed by atoms with van der Waals surface area (Å²) in [5.74, 6) is 3.78. The van der Waals surface area contributed by atoms with Crippen LogP contribution >= 0.6 is 0 Å². The van der Waals surface area contributed by atoms with Crippen molar-refractivity contribution >= 4 is 7.68 Å². The van der Waals surface area contributed by atoms with Gasteiger partial charge < -0.3 is 24.8 Å². The van der Waals surface area contributed by atoms with Crippen molar-refractivity contribution < 1.29 is 42.2 Å². The van der Waals surface area contributed by atoms with Crippen LogP contribution in [-0.2, 0) is 23.8 Å². The molecule has 10 rings (SSSR count). The number of halogens is 2. The Hall–Kier alpha value is -2.48. The van der Waals surface area contributed by atoms with Gasteiger partial charge in [0.1, 0.15) is 0 Å². The number of fused-ring (bicyclic) bond motifs is 3. The first-order chi connectivity index (χ1) is 20.3. The molecule has 0 unspecified atom stereocenters. The Morgan fingerprint density at radius 2 is 1.21 bits per heavy atom. The molecule has 4 aromatic rings. The fraction of sp³-hybridized carbons (Fsp3) is 0.275. The Morgan fingerprint density at radius 3 is 1.86 bits per heavy atom. The predicted octanol–water partition coefficient (Wildman–Crippen LogP) is 3.32. The van der Waals surface area contributed by atoms with E-state index in [9.17, 15) is 0 Å². The summed E-state index contributed by atoms with van der Waals surface area (Å²) in [4.78, 5) is 0. The standard InChI is InChI=1S/C25H17.C10H14.C5H5.2ClH.Ti/c1-3-7-18(8-4-1)20-11-13-24-22(15-20)17-23-16-21(12-14-25(23)24)19-9-5-2-6-10-19;1-7-2-9-4-8(1)5-10(3-7)6-9;1-2-4-5-3-1;;;/h1-15H,17H2;7-10H,1-5H2;1-3H,4H2;2*1H;/q;;;;;+2/p-2. The summed E-state index contributed by atoms with van der Waals surface area (Å²) in [6.45, 7) is 0. The van der Waals surface area contributed by atoms with Crippen LogP contribution in [0.5, 0.6) is 0 Å². The van der Waals surface area contributed by atoms with Gasteiger partial charge >= 0.3 is 251 Å². The van der Waals surface area contributed by atoms with E-state index in [4.69, 9.17) is 0 Å². The van der Waals surface area contributed by atoms with E-state index in [2.05, 4.69) is 113 Å². The summed E-state index contributed by atoms with van der Waals surface area (Å²) in [5.41, 5.74) is 11.8. The van der Waals surface area contributed by atoms with Crippen molar-refractivity contribution in [2.45, 2.75) is 44.9 Å². The molecule has 6 aliphatic carbocycles. The summed E-state index contributed by atoms with van der Waals surface area (Å²) in [5, 5.41) is 0. The summed E-state index contributed by atoms with van der Waals surface area (Å²) in [7, 11) is 0. The van der Waals surface area contributed by atoms with Gasteiger partial charge in [-0.25, -0.2) is 0 Å². The predicted molar refractivity (Wildman–Crippen MR) is 169 cm³/mol. The molecule has 0 heterocycles. The number of hydrogen-bond acceptors (Lipinski definition) is 0. The number of benzene rings is 4. The minimum Gasteiger partial charge on any atom is -1.00 e. The third kappa shape index (κ3) is 4.90. The van der Waals surface area contributed by atoms with Gasteiger partial charge in [-0.3, -0.25) is 0 Å². The van der Waals surface area contributed by atoms with Crippen LogP contribution in [0.25, 0.3) is 33.4 Å². The van der Waals surface area contributed by atoms with Crippen molar-refractivity contribution in [2.75, 3.05) is 0 Å². The van der Waals surface area contributed by atoms with Gasteiger partial charge in [0.15, 0.2) is 0 Å². The third-order valence-electron chi connectivity index (χ3n) is 10.9. The van der Waals surface area contributed by atoms with E-state index in [1.54, 1.807) is 13.3 Å². The monoisotopic (exact) mass is 634 g/mol. The second-order valence-corrected chi connectivity index (χ2v) is 17.1. The largest absolute Gasteiger partial charge is 1.00 e. The van der Waals surface area contributed by atoms with Gasteiger partial charge in [-0.15, -0.1) is 0 Å². The summed E-state index contributed by atoms with van der Waals surface area (Å²) in [6.07, 6.45) is 17.1. The minimum absolute atomic E-state index is 0. The minimum atomic E-state index is -1.96. The van der Waals surface area contributed by atoms with E-state index in [1.807, 2.05) is 0 Å². The van der Waals surface area contributed by atoms with Crippen molar-refractivity contribution in [3.05, 3.63) is 124 Å². The molecule has 6 aliphatic rings. The van der Waals surface area contributed by atoms with Crippen molar-refractivity contribution in [2.24, 2.45) is 23.7 Å². The quantitative estimate of drug-likeness (QED) is 0.266. The van der Waals surface area contributed by atoms with Crippen LogP contribution in [0.1, 0.15) is 49.7 Å². The summed E-state index contributed by atoms with van der Waals surface area (Å²) >= 11 is -1.96. The molecular weight excluding hydrogens is 599 g/mol. The van der Waals surface area contributed by atoms with Crippen molar-refractivity contribution in [3.8, 4) is 33.4 Å². The normalized spacial score (nSPS) is 23.5. The molecule has 43 heavy (non-hydrogen) atoms. The third-order valence-corrected chi connectivity index (χ3v) is 16.3. The second-order valence-electron chi connectivity index (χ2n) is 13.3. The van der Waals surface area contributed by atoms with Crippen LogP contribution in [0, 0.1) is 23.7 Å². The first-order valence-corrected chi connectivity index (χ1v) is 18.1. The maximum absolute atomic E-state index is 2.55. The van der Waals surface area contributed by atoms with Gasteiger partial charge in [0.2, 0.25) is 0 Å². The molecule has 0 aliphatic heterocycles. The molecule has 4 fully saturated rings. The van der Waals surface area contributed by atoms with E-state index in [-0.39, 0.29) is 24.8 Å². The zero-order valence-electron chi connectivity index (χ0n) is 24.4. The van der Waals surface area contributed by atoms with Gasteiger partial charge in [-0.2, -0.15) is 0 Å². The van der Waals surface area contributed by atoms with Gasteiger partial charge in [0, 0.05) is 0 Å². The van der Waals surface area contributed by atoms with Gasteiger partial charge in [-0.1, -0.05) is 0 Å². The average Bonchev–Trinajstić information content (AvgIpc) is 3.67. The molecule has 0 N–H and O–H groups in total. The Bertz CT molecular complexity index is 1750. The number of hydrogen-bond donors (Lipinski definition) is 0. The Kier molecular flexibility index (Phi) is 8.02. The summed E-state index contributed by atoms with van der Waals surface area (Å²) < 4.78 is 5.68. The molecule has 0 saturated heterocycles. The molecule has 4 bridgehead atoms. The molecule has 0 aromatic heterocycles. The van der Waals surface area contributed by atoms with Crippen LogP contribution in [0.4, 0.5) is 0 Å². The zero-order valence-corrected chi connectivity index (χ0v) is 27.5. The van der Waals surface area contributed by atoms with E-state index in [0.29, 0.717) is 0 Å². The second kappa shape index (κ2) is 11.8. The van der Waals surface area contributed by atoms with E-state index in [0.717, 1.165) is 30.1 Å². The van der Waals surface area contributed by atoms with Crippen molar-refractivity contribution in [1.82, 2.24) is 0 Å². The molecular formula is C40H36Cl2Ti. The van der Waals surface area contributed by atoms with E-state index in [1.165, 1.54) is 77.5 Å². The Balaban J connectivity index is 0.00000150. The smallest absolute Gasteiger partial charge is 1.00 e. The SMILES string of the molecule is C1=CC[C]([Ti+2](=[C]2C3CC4CC(C3)CC2C4)[c]2c(-c3ccccc3)ccc3c2Cc2cc(-c4ccccc4)ccc2-3)=C1.[Cl-].[Cl-]. The van der Waals surface area contributed by atoms with Crippen LogP contribution in [-0.4, -0.2) is 3.81 Å². The number of rotatable bonds is 4. The molecule has 0 radical (unpaired) electrons. The zero-order chi connectivity index (χ0) is 26.9. The molecule has 4 aromatic carbocycles. The molecule has 0 amide bonds. The molecule has 0 nitrogen and oxygen atoms in total. The molecule has 0 spiro atoms. The van der Waals surface area contributed by atoms with Gasteiger partial charge in [0.05, 0.1) is 0 Å². The first-order valence-electron chi connectivity index (χ1n) is 15.8. The molecule has 214 valence electrons. The van der Waals surface area contributed by atoms with Crippen LogP contribution < -0.4 is 28.7 Å². The van der Waals surface area contributed by atoms with Gasteiger partial charge in [0.25, 0.3) is 0 Å². The van der Waals surface area contributed by atoms with E-state index < -0.39 is 17.4 Å². The maximum atomic E-state index is 2.55. The topological polar surface area (TPSA) is 0 Å². The Morgan fingerprint density at radius 1 is 0.581 bits per heavy atom. The Labute approximate surface area is 274 Å². The molecule has 3 heteroatoms. The average molecular weight is 636 g/mol. The maximum Gasteiger partial charge on any atom is -1.00 e. The van der Waals surface area contributed by atoms with Crippen molar-refractivity contribution in [1.29, 1.82) is 0 Å². The van der Waals surface area contributed by atoms with Crippen molar-refractivity contribution in [3.63, 3.8) is 0 Å². The van der Waals surface area contributed by atoms with Crippen LogP contribution in [0.3, 0.4) is 0 Å². The van der Waals surface area contributed by atoms with Crippen LogP contribution in [0.2, 0.25) is 0 Å². The fourth-order valence-electron chi connectivity index (χ4n) is 9.45. The van der Waals surface area contributed by atoms with Gasteiger partial charge in [-0.05, 0) is 0 Å². The summed E-state index contributed by atoms with van der Waals surface area (Å²) in [6, 6.07) is 34.5. The number of allylic oxidation sites excluding steroid dienone is 4. The first kappa shape index (κ1) is 29.2. The van der Waals surface area contributed by atoms with Crippen LogP contribution in [0.15, 0.2) is 113 Å².